The molecule has 0 spiro atoms. The van der Waals surface area contributed by atoms with Crippen LogP contribution in [0.5, 0.6) is 0 Å². The molecule has 108 valence electrons. The lowest BCUT2D eigenvalue weighted by atomic mass is 10.0. The van der Waals surface area contributed by atoms with Gasteiger partial charge in [0.2, 0.25) is 0 Å². The number of pyridine rings is 1. The molecule has 0 saturated carbocycles. The highest BCUT2D eigenvalue weighted by Crippen LogP contribution is 2.37. The van der Waals surface area contributed by atoms with Crippen molar-refractivity contribution in [3.63, 3.8) is 0 Å². The van der Waals surface area contributed by atoms with Crippen molar-refractivity contribution in [3.05, 3.63) is 48.2 Å². The zero-order valence-electron chi connectivity index (χ0n) is 11.7. The van der Waals surface area contributed by atoms with Crippen LogP contribution in [-0.4, -0.2) is 32.6 Å². The van der Waals surface area contributed by atoms with E-state index < -0.39 is 5.97 Å². The van der Waals surface area contributed by atoms with Gasteiger partial charge in [-0.3, -0.25) is 4.98 Å². The summed E-state index contributed by atoms with van der Waals surface area (Å²) in [5, 5.41) is 8.89. The van der Waals surface area contributed by atoms with Crippen LogP contribution in [0, 0.1) is 5.92 Å². The molecule has 0 aromatic carbocycles. The SMILES string of the molecule is CC1CC(c2cccnc2)N(c2cnc(C(=O)O)cn2)C1. The van der Waals surface area contributed by atoms with Crippen LogP contribution in [0.3, 0.4) is 0 Å². The van der Waals surface area contributed by atoms with Gasteiger partial charge in [-0.15, -0.1) is 0 Å². The van der Waals surface area contributed by atoms with E-state index in [1.807, 2.05) is 12.3 Å². The number of carbonyl (C=O) groups is 1. The molecule has 2 aromatic rings. The third-order valence-corrected chi connectivity index (χ3v) is 3.73. The van der Waals surface area contributed by atoms with Crippen LogP contribution in [0.1, 0.15) is 35.4 Å². The van der Waals surface area contributed by atoms with Crippen molar-refractivity contribution < 1.29 is 9.90 Å². The van der Waals surface area contributed by atoms with Gasteiger partial charge < -0.3 is 10.0 Å². The highest BCUT2D eigenvalue weighted by atomic mass is 16.4. The Hall–Kier alpha value is -2.50. The number of carboxylic acids is 1. The molecule has 1 aliphatic rings. The van der Waals surface area contributed by atoms with Gasteiger partial charge in [0, 0.05) is 18.9 Å². The molecule has 0 bridgehead atoms. The van der Waals surface area contributed by atoms with Gasteiger partial charge in [0.25, 0.3) is 0 Å². The second-order valence-corrected chi connectivity index (χ2v) is 5.36. The third-order valence-electron chi connectivity index (χ3n) is 3.73. The lowest BCUT2D eigenvalue weighted by Crippen LogP contribution is -2.24. The standard InChI is InChI=1S/C15H16N4O2/c1-10-5-13(11-3-2-4-16-6-11)19(9-10)14-8-17-12(7-18-14)15(20)21/h2-4,6-8,10,13H,5,9H2,1H3,(H,20,21). The number of aromatic nitrogens is 3. The average molecular weight is 284 g/mol. The number of carboxylic acid groups (broad SMARTS) is 1. The Bertz CT molecular complexity index is 630. The minimum absolute atomic E-state index is 0.0380. The first kappa shape index (κ1) is 13.5. The van der Waals surface area contributed by atoms with Crippen LogP contribution in [0.25, 0.3) is 0 Å². The van der Waals surface area contributed by atoms with E-state index in [0.717, 1.165) is 18.5 Å². The second kappa shape index (κ2) is 5.47. The first-order chi connectivity index (χ1) is 10.1. The Labute approximate surface area is 122 Å². The second-order valence-electron chi connectivity index (χ2n) is 5.36. The molecule has 2 aromatic heterocycles. The zero-order valence-corrected chi connectivity index (χ0v) is 11.7. The number of hydrogen-bond acceptors (Lipinski definition) is 5. The maximum atomic E-state index is 10.8. The van der Waals surface area contributed by atoms with Crippen molar-refractivity contribution >= 4 is 11.8 Å². The van der Waals surface area contributed by atoms with E-state index in [4.69, 9.17) is 5.11 Å². The highest BCUT2D eigenvalue weighted by molar-refractivity contribution is 5.84. The number of nitrogens with zero attached hydrogens (tertiary/aromatic N) is 4. The Balaban J connectivity index is 1.90. The number of anilines is 1. The van der Waals surface area contributed by atoms with E-state index in [-0.39, 0.29) is 11.7 Å². The highest BCUT2D eigenvalue weighted by Gasteiger charge is 2.32. The topological polar surface area (TPSA) is 79.2 Å². The Morgan fingerprint density at radius 2 is 2.19 bits per heavy atom. The van der Waals surface area contributed by atoms with Crippen molar-refractivity contribution in [1.82, 2.24) is 15.0 Å². The number of aromatic carboxylic acids is 1. The molecule has 2 atom stereocenters. The fourth-order valence-corrected chi connectivity index (χ4v) is 2.77. The Morgan fingerprint density at radius 1 is 1.33 bits per heavy atom. The van der Waals surface area contributed by atoms with Crippen molar-refractivity contribution in [2.24, 2.45) is 5.92 Å². The molecule has 0 amide bonds. The van der Waals surface area contributed by atoms with Crippen molar-refractivity contribution in [1.29, 1.82) is 0 Å². The first-order valence-corrected chi connectivity index (χ1v) is 6.87. The molecule has 1 N–H and O–H groups in total. The quantitative estimate of drug-likeness (QED) is 0.930. The van der Waals surface area contributed by atoms with Gasteiger partial charge >= 0.3 is 5.97 Å². The lowest BCUT2D eigenvalue weighted by molar-refractivity contribution is 0.0690. The van der Waals surface area contributed by atoms with Crippen LogP contribution < -0.4 is 4.90 Å². The van der Waals surface area contributed by atoms with Gasteiger partial charge in [-0.2, -0.15) is 0 Å². The summed E-state index contributed by atoms with van der Waals surface area (Å²) in [7, 11) is 0. The van der Waals surface area contributed by atoms with E-state index >= 15 is 0 Å². The molecule has 6 nitrogen and oxygen atoms in total. The largest absolute Gasteiger partial charge is 0.476 e. The monoisotopic (exact) mass is 284 g/mol. The van der Waals surface area contributed by atoms with Gasteiger partial charge in [-0.1, -0.05) is 13.0 Å². The van der Waals surface area contributed by atoms with Crippen LogP contribution in [-0.2, 0) is 0 Å². The fourth-order valence-electron chi connectivity index (χ4n) is 2.77. The molecular weight excluding hydrogens is 268 g/mol. The summed E-state index contributed by atoms with van der Waals surface area (Å²) < 4.78 is 0. The predicted octanol–water partition coefficient (Wildman–Crippen LogP) is 2.16. The normalized spacial score (nSPS) is 21.5. The van der Waals surface area contributed by atoms with Gasteiger partial charge in [0.1, 0.15) is 5.82 Å². The molecule has 3 rings (SSSR count). The molecule has 1 aliphatic heterocycles. The molecule has 3 heterocycles. The van der Waals surface area contributed by atoms with Crippen molar-refractivity contribution in [3.8, 4) is 0 Å². The number of rotatable bonds is 3. The molecule has 6 heteroatoms. The predicted molar refractivity (Wildman–Crippen MR) is 77.1 cm³/mol. The lowest BCUT2D eigenvalue weighted by Gasteiger charge is -2.25. The molecule has 0 aliphatic carbocycles. The van der Waals surface area contributed by atoms with Gasteiger partial charge in [0.15, 0.2) is 5.69 Å². The molecule has 2 unspecified atom stereocenters. The summed E-state index contributed by atoms with van der Waals surface area (Å²) in [6.45, 7) is 3.07. The zero-order chi connectivity index (χ0) is 14.8. The molecular formula is C15H16N4O2. The van der Waals surface area contributed by atoms with Gasteiger partial charge in [-0.25, -0.2) is 14.8 Å². The van der Waals surface area contributed by atoms with E-state index in [9.17, 15) is 4.79 Å². The first-order valence-electron chi connectivity index (χ1n) is 6.87. The molecule has 1 fully saturated rings. The molecule has 1 saturated heterocycles. The number of hydrogen-bond donors (Lipinski definition) is 1. The summed E-state index contributed by atoms with van der Waals surface area (Å²) in [6, 6.07) is 4.19. The van der Waals surface area contributed by atoms with E-state index in [1.165, 1.54) is 12.4 Å². The molecule has 0 radical (unpaired) electrons. The van der Waals surface area contributed by atoms with Crippen molar-refractivity contribution in [2.75, 3.05) is 11.4 Å². The summed E-state index contributed by atoms with van der Waals surface area (Å²) in [5.74, 6) is 0.182. The van der Waals surface area contributed by atoms with Gasteiger partial charge in [0.05, 0.1) is 18.4 Å². The summed E-state index contributed by atoms with van der Waals surface area (Å²) >= 11 is 0. The van der Waals surface area contributed by atoms with E-state index in [1.54, 1.807) is 6.20 Å². The average Bonchev–Trinajstić information content (AvgIpc) is 2.90. The van der Waals surface area contributed by atoms with Crippen LogP contribution in [0.4, 0.5) is 5.82 Å². The molecule has 21 heavy (non-hydrogen) atoms. The van der Waals surface area contributed by atoms with Crippen molar-refractivity contribution in [2.45, 2.75) is 19.4 Å². The van der Waals surface area contributed by atoms with Crippen LogP contribution in [0.2, 0.25) is 0 Å². The van der Waals surface area contributed by atoms with Crippen LogP contribution >= 0.6 is 0 Å². The van der Waals surface area contributed by atoms with E-state index in [0.29, 0.717) is 11.7 Å². The smallest absolute Gasteiger partial charge is 0.356 e. The summed E-state index contributed by atoms with van der Waals surface area (Å²) in [6.07, 6.45) is 7.49. The van der Waals surface area contributed by atoms with Crippen LogP contribution in [0.15, 0.2) is 36.9 Å². The summed E-state index contributed by atoms with van der Waals surface area (Å²) in [5.41, 5.74) is 1.11. The summed E-state index contributed by atoms with van der Waals surface area (Å²) in [4.78, 5) is 25.4. The third kappa shape index (κ3) is 2.69. The maximum Gasteiger partial charge on any atom is 0.356 e. The minimum atomic E-state index is -1.06. The van der Waals surface area contributed by atoms with E-state index in [2.05, 4.69) is 32.8 Å². The Morgan fingerprint density at radius 3 is 2.81 bits per heavy atom. The Kier molecular flexibility index (Phi) is 3.51. The maximum absolute atomic E-state index is 10.8. The minimum Gasteiger partial charge on any atom is -0.476 e. The fraction of sp³-hybridized carbons (Fsp3) is 0.333. The van der Waals surface area contributed by atoms with Gasteiger partial charge in [-0.05, 0) is 24.0 Å².